The summed E-state index contributed by atoms with van der Waals surface area (Å²) in [6, 6.07) is 13.3. The van der Waals surface area contributed by atoms with Crippen molar-refractivity contribution in [2.45, 2.75) is 62.9 Å². The van der Waals surface area contributed by atoms with E-state index in [0.29, 0.717) is 18.0 Å². The second-order valence-corrected chi connectivity index (χ2v) is 13.0. The van der Waals surface area contributed by atoms with Crippen LogP contribution < -0.4 is 9.64 Å². The van der Waals surface area contributed by atoms with Gasteiger partial charge in [0.2, 0.25) is 0 Å². The molecule has 0 spiro atoms. The first-order valence-corrected chi connectivity index (χ1v) is 14.6. The third-order valence-electron chi connectivity index (χ3n) is 5.68. The predicted octanol–water partition coefficient (Wildman–Crippen LogP) is 6.37. The molecule has 1 atom stereocenters. The third-order valence-corrected chi connectivity index (χ3v) is 8.51. The van der Waals surface area contributed by atoms with Gasteiger partial charge in [-0.2, -0.15) is 0 Å². The zero-order valence-corrected chi connectivity index (χ0v) is 23.0. The lowest BCUT2D eigenvalue weighted by molar-refractivity contribution is -0.148. The molecule has 0 aliphatic carbocycles. The minimum absolute atomic E-state index is 0.0516. The van der Waals surface area contributed by atoms with E-state index in [0.717, 1.165) is 23.4 Å². The number of carbonyl (C=O) groups is 1. The molecule has 0 bridgehead atoms. The van der Waals surface area contributed by atoms with Crippen molar-refractivity contribution in [2.24, 2.45) is 5.41 Å². The molecule has 2 aromatic carbocycles. The van der Waals surface area contributed by atoms with Gasteiger partial charge in [-0.3, -0.25) is 0 Å². The minimum atomic E-state index is -3.61. The number of nitrogens with zero attached hydrogens (tertiary/aromatic N) is 1. The van der Waals surface area contributed by atoms with Gasteiger partial charge >= 0.3 is 5.97 Å². The quantitative estimate of drug-likeness (QED) is 0.183. The lowest BCUT2D eigenvalue weighted by atomic mass is 9.87. The van der Waals surface area contributed by atoms with Gasteiger partial charge in [-0.1, -0.05) is 38.5 Å². The fourth-order valence-electron chi connectivity index (χ4n) is 4.38. The molecule has 0 fully saturated rings. The number of ether oxygens (including phenoxy) is 2. The lowest BCUT2D eigenvalue weighted by Gasteiger charge is -2.34. The number of esters is 1. The molecule has 0 amide bonds. The molecule has 2 aromatic rings. The highest BCUT2D eigenvalue weighted by Crippen LogP contribution is 2.46. The minimum Gasteiger partial charge on any atom is -0.464 e. The highest BCUT2D eigenvalue weighted by molar-refractivity contribution is 7.98. The van der Waals surface area contributed by atoms with Gasteiger partial charge in [0.25, 0.3) is 0 Å². The normalized spacial score (nSPS) is 19.8. The van der Waals surface area contributed by atoms with Crippen LogP contribution in [0.4, 0.5) is 11.4 Å². The first-order valence-electron chi connectivity index (χ1n) is 11.7. The second kappa shape index (κ2) is 10.7. The topological polar surface area (TPSA) is 72.9 Å². The van der Waals surface area contributed by atoms with Crippen LogP contribution in [-0.4, -0.2) is 38.5 Å². The van der Waals surface area contributed by atoms with E-state index in [1.165, 1.54) is 24.1 Å². The van der Waals surface area contributed by atoms with E-state index in [9.17, 15) is 13.2 Å². The van der Waals surface area contributed by atoms with Gasteiger partial charge in [-0.05, 0) is 57.1 Å². The molecule has 0 saturated heterocycles. The number of fused-ring (bicyclic) bond motifs is 1. The van der Waals surface area contributed by atoms with Gasteiger partial charge in [-0.15, -0.1) is 11.8 Å². The summed E-state index contributed by atoms with van der Waals surface area (Å²) < 4.78 is 38.4. The Bertz CT molecular complexity index is 1190. The monoisotopic (exact) mass is 517 g/mol. The summed E-state index contributed by atoms with van der Waals surface area (Å²) in [6.45, 7) is 10.1. The maximum atomic E-state index is 13.7. The highest BCUT2D eigenvalue weighted by Gasteiger charge is 2.40. The van der Waals surface area contributed by atoms with E-state index in [1.807, 2.05) is 49.6 Å². The van der Waals surface area contributed by atoms with E-state index in [2.05, 4.69) is 11.8 Å². The fourth-order valence-corrected chi connectivity index (χ4v) is 7.00. The maximum absolute atomic E-state index is 13.7. The Morgan fingerprint density at radius 2 is 1.89 bits per heavy atom. The van der Waals surface area contributed by atoms with Crippen molar-refractivity contribution in [3.8, 4) is 5.75 Å². The van der Waals surface area contributed by atoms with Crippen LogP contribution in [-0.2, 0) is 19.4 Å². The number of sulfone groups is 1. The summed E-state index contributed by atoms with van der Waals surface area (Å²) in [5.41, 5.74) is 0.554. The molecule has 1 aliphatic heterocycles. The molecule has 8 heteroatoms. The molecule has 1 unspecified atom stereocenters. The summed E-state index contributed by atoms with van der Waals surface area (Å²) in [7, 11) is -3.61. The molecular formula is C27H35NO5S2. The van der Waals surface area contributed by atoms with Crippen molar-refractivity contribution in [3.63, 3.8) is 0 Å². The molecule has 1 aliphatic rings. The molecule has 0 aromatic heterocycles. The van der Waals surface area contributed by atoms with Crippen molar-refractivity contribution >= 4 is 38.9 Å². The largest absolute Gasteiger partial charge is 0.464 e. The van der Waals surface area contributed by atoms with E-state index >= 15 is 0 Å². The molecule has 0 radical (unpaired) electrons. The Labute approximate surface area is 213 Å². The van der Waals surface area contributed by atoms with Crippen molar-refractivity contribution in [1.29, 1.82) is 0 Å². The smallest absolute Gasteiger partial charge is 0.334 e. The van der Waals surface area contributed by atoms with Crippen LogP contribution >= 0.6 is 11.8 Å². The van der Waals surface area contributed by atoms with E-state index in [-0.39, 0.29) is 10.6 Å². The van der Waals surface area contributed by atoms with Crippen molar-refractivity contribution in [1.82, 2.24) is 0 Å². The number of benzene rings is 2. The average Bonchev–Trinajstić information content (AvgIpc) is 2.84. The number of thioether (sulfide) groups is 1. The third kappa shape index (κ3) is 6.82. The van der Waals surface area contributed by atoms with Crippen LogP contribution in [0.1, 0.15) is 47.5 Å². The zero-order chi connectivity index (χ0) is 25.9. The van der Waals surface area contributed by atoms with E-state index < -0.39 is 26.8 Å². The van der Waals surface area contributed by atoms with Gasteiger partial charge in [0.15, 0.2) is 9.84 Å². The molecule has 0 N–H and O–H groups in total. The molecule has 0 saturated carbocycles. The maximum Gasteiger partial charge on any atom is 0.334 e. The standard InChI is InChI=1S/C27H35NO5S2/c1-7-14-27(5)18-28(20-11-9-8-10-12-20)21-16-23(34-6)22(17-24(21)35(30,31)19-27)32-15-13-25(29)33-26(2,3)4/h8-13,15-17H,7,14,18-19H2,1-6H3/b15-13+. The van der Waals surface area contributed by atoms with E-state index in [1.54, 1.807) is 26.8 Å². The molecule has 1 heterocycles. The molecule has 6 nitrogen and oxygen atoms in total. The van der Waals surface area contributed by atoms with Crippen LogP contribution in [0.2, 0.25) is 0 Å². The average molecular weight is 518 g/mol. The predicted molar refractivity (Wildman–Crippen MR) is 142 cm³/mol. The van der Waals surface area contributed by atoms with Crippen LogP contribution in [0.5, 0.6) is 5.75 Å². The molecule has 190 valence electrons. The van der Waals surface area contributed by atoms with Crippen molar-refractivity contribution in [2.75, 3.05) is 23.5 Å². The summed E-state index contributed by atoms with van der Waals surface area (Å²) in [5, 5.41) is 0. The van der Waals surface area contributed by atoms with Gasteiger partial charge in [0.05, 0.1) is 33.6 Å². The van der Waals surface area contributed by atoms with Gasteiger partial charge in [0.1, 0.15) is 11.4 Å². The van der Waals surface area contributed by atoms with Crippen molar-refractivity contribution in [3.05, 3.63) is 54.8 Å². The number of hydrogen-bond acceptors (Lipinski definition) is 7. The first kappa shape index (κ1) is 27.1. The van der Waals surface area contributed by atoms with Gasteiger partial charge in [0, 0.05) is 18.3 Å². The van der Waals surface area contributed by atoms with E-state index in [4.69, 9.17) is 9.47 Å². The number of carbonyl (C=O) groups excluding carboxylic acids is 1. The molecule has 35 heavy (non-hydrogen) atoms. The van der Waals surface area contributed by atoms with Crippen molar-refractivity contribution < 1.29 is 22.7 Å². The number of hydrogen-bond donors (Lipinski definition) is 0. The Kier molecular flexibility index (Phi) is 8.27. The van der Waals surface area contributed by atoms with Gasteiger partial charge < -0.3 is 14.4 Å². The summed E-state index contributed by atoms with van der Waals surface area (Å²) in [6.07, 6.45) is 6.04. The lowest BCUT2D eigenvalue weighted by Crippen LogP contribution is -2.35. The summed E-state index contributed by atoms with van der Waals surface area (Å²) >= 11 is 1.45. The first-order chi connectivity index (χ1) is 16.4. The number of para-hydroxylation sites is 1. The Balaban J connectivity index is 2.09. The Hall–Kier alpha value is -2.45. The SMILES string of the molecule is CCCC1(C)CN(c2ccccc2)c2cc(SC)c(O/C=C/C(=O)OC(C)(C)C)cc2S(=O)(=O)C1. The van der Waals surface area contributed by atoms with Crippen LogP contribution in [0.25, 0.3) is 0 Å². The summed E-state index contributed by atoms with van der Waals surface area (Å²) in [4.78, 5) is 15.1. The molecular weight excluding hydrogens is 482 g/mol. The summed E-state index contributed by atoms with van der Waals surface area (Å²) in [5.74, 6) is -0.0985. The van der Waals surface area contributed by atoms with Crippen LogP contribution in [0.15, 0.2) is 64.6 Å². The Morgan fingerprint density at radius 1 is 1.20 bits per heavy atom. The zero-order valence-electron chi connectivity index (χ0n) is 21.3. The van der Waals surface area contributed by atoms with Crippen LogP contribution in [0, 0.1) is 5.41 Å². The fraction of sp³-hybridized carbons (Fsp3) is 0.444. The number of rotatable bonds is 7. The van der Waals surface area contributed by atoms with Gasteiger partial charge in [-0.25, -0.2) is 13.2 Å². The highest BCUT2D eigenvalue weighted by atomic mass is 32.2. The number of anilines is 2. The van der Waals surface area contributed by atoms with Crippen LogP contribution in [0.3, 0.4) is 0 Å². The molecule has 3 rings (SSSR count). The second-order valence-electron chi connectivity index (χ2n) is 10.2. The Morgan fingerprint density at radius 3 is 2.49 bits per heavy atom.